The Balaban J connectivity index is -0.000000522. The summed E-state index contributed by atoms with van der Waals surface area (Å²) in [5, 5.41) is 12.3. The zero-order chi connectivity index (χ0) is 25.8. The Bertz CT molecular complexity index is 1280. The van der Waals surface area contributed by atoms with Gasteiger partial charge in [-0.2, -0.15) is 4.73 Å². The Morgan fingerprint density at radius 2 is 1.38 bits per heavy atom. The number of hydrogen-bond acceptors (Lipinski definition) is 5. The number of ether oxygens (including phenoxy) is 2. The van der Waals surface area contributed by atoms with Gasteiger partial charge in [-0.15, -0.1) is 12.4 Å². The van der Waals surface area contributed by atoms with Gasteiger partial charge in [0.05, 0.1) is 24.0 Å². The van der Waals surface area contributed by atoms with Crippen LogP contribution in [-0.4, -0.2) is 18.2 Å². The number of aromatic nitrogens is 2. The molecule has 4 aromatic rings. The van der Waals surface area contributed by atoms with Gasteiger partial charge in [-0.05, 0) is 75.5 Å². The SMILES string of the molecule is C.C.C.CCCOc1cccc2cc[n+]([O-])cc12.CCCOc1cccc2ccnc(Cl)c12.Cl.O=P(Cl)(Cl)Cl. The quantitative estimate of drug-likeness (QED) is 0.0889. The molecular formula is C27H38Cl5N2O4P. The van der Waals surface area contributed by atoms with Crippen LogP contribution in [0.1, 0.15) is 49.0 Å². The van der Waals surface area contributed by atoms with Crippen molar-refractivity contribution in [1.82, 2.24) is 4.98 Å². The van der Waals surface area contributed by atoms with Gasteiger partial charge in [0.25, 0.3) is 0 Å². The molecule has 0 aliphatic rings. The summed E-state index contributed by atoms with van der Waals surface area (Å²) in [4.78, 5) is 4.06. The minimum atomic E-state index is -3.22. The summed E-state index contributed by atoms with van der Waals surface area (Å²) in [6.07, 6.45) is 6.68. The molecule has 2 aromatic heterocycles. The summed E-state index contributed by atoms with van der Waals surface area (Å²) in [6.45, 7) is 5.50. The second-order valence-corrected chi connectivity index (χ2v) is 14.1. The highest BCUT2D eigenvalue weighted by atomic mass is 36.0. The molecule has 220 valence electrons. The average Bonchev–Trinajstić information content (AvgIpc) is 2.81. The summed E-state index contributed by atoms with van der Waals surface area (Å²) in [7, 11) is 0. The lowest BCUT2D eigenvalue weighted by Crippen LogP contribution is -2.23. The van der Waals surface area contributed by atoms with Crippen molar-refractivity contribution in [2.45, 2.75) is 49.0 Å². The molecule has 0 amide bonds. The fraction of sp³-hybridized carbons (Fsp3) is 0.333. The van der Waals surface area contributed by atoms with Gasteiger partial charge in [-0.3, -0.25) is 4.57 Å². The van der Waals surface area contributed by atoms with Crippen LogP contribution in [0.15, 0.2) is 67.1 Å². The topological polar surface area (TPSA) is 75.4 Å². The molecule has 0 radical (unpaired) electrons. The van der Waals surface area contributed by atoms with E-state index in [1.165, 1.54) is 6.20 Å². The average molecular weight is 663 g/mol. The first-order valence-electron chi connectivity index (χ1n) is 10.7. The number of hydrogen-bond donors (Lipinski definition) is 0. The van der Waals surface area contributed by atoms with E-state index in [9.17, 15) is 9.77 Å². The van der Waals surface area contributed by atoms with E-state index in [4.69, 9.17) is 21.1 Å². The van der Waals surface area contributed by atoms with Crippen molar-refractivity contribution in [3.05, 3.63) is 77.5 Å². The standard InChI is InChI=1S/C12H12ClNO.C12H13NO2.3CH4.Cl3OP.ClH/c1-2-8-15-10-5-3-4-9-6-7-14-12(13)11(9)10;1-2-8-15-12-5-3-4-10-6-7-13(14)9-11(10)12;;;;1-5(2,3)4;/h3-7H,2,8H2,1H3;3-7,9H,2,8H2,1H3;3*1H4;;1H. The Labute approximate surface area is 258 Å². The lowest BCUT2D eigenvalue weighted by atomic mass is 10.1. The highest BCUT2D eigenvalue weighted by Gasteiger charge is 2.06. The molecule has 0 aliphatic heterocycles. The van der Waals surface area contributed by atoms with Crippen molar-refractivity contribution in [3.8, 4) is 11.5 Å². The Hall–Kier alpha value is -1.66. The predicted octanol–water partition coefficient (Wildman–Crippen LogP) is 11.1. The van der Waals surface area contributed by atoms with Crippen LogP contribution in [-0.2, 0) is 4.57 Å². The van der Waals surface area contributed by atoms with Crippen molar-refractivity contribution in [3.63, 3.8) is 0 Å². The first-order chi connectivity index (χ1) is 16.6. The number of fused-ring (bicyclic) bond motifs is 2. The summed E-state index contributed by atoms with van der Waals surface area (Å²) in [6, 6.07) is 15.4. The van der Waals surface area contributed by atoms with Crippen molar-refractivity contribution < 1.29 is 18.8 Å². The molecule has 2 heterocycles. The van der Waals surface area contributed by atoms with E-state index in [-0.39, 0.29) is 34.7 Å². The van der Waals surface area contributed by atoms with Crippen molar-refractivity contribution in [2.24, 2.45) is 0 Å². The fourth-order valence-electron chi connectivity index (χ4n) is 2.99. The maximum absolute atomic E-state index is 11.2. The molecule has 0 N–H and O–H groups in total. The van der Waals surface area contributed by atoms with Crippen LogP contribution < -0.4 is 14.2 Å². The summed E-state index contributed by atoms with van der Waals surface area (Å²) >= 11 is 19.9. The normalized spacial score (nSPS) is 9.59. The molecule has 6 nitrogen and oxygen atoms in total. The zero-order valence-corrected chi connectivity index (χ0v) is 24.3. The van der Waals surface area contributed by atoms with E-state index >= 15 is 0 Å². The molecule has 12 heteroatoms. The van der Waals surface area contributed by atoms with Crippen molar-refractivity contribution in [2.75, 3.05) is 13.2 Å². The van der Waals surface area contributed by atoms with Gasteiger partial charge >= 0.3 is 5.20 Å². The van der Waals surface area contributed by atoms with Gasteiger partial charge in [0.15, 0.2) is 12.4 Å². The lowest BCUT2D eigenvalue weighted by Gasteiger charge is -2.08. The maximum Gasteiger partial charge on any atom is 0.339 e. The van der Waals surface area contributed by atoms with Gasteiger partial charge in [-0.25, -0.2) is 4.98 Å². The first kappa shape index (κ1) is 41.8. The Morgan fingerprint density at radius 1 is 0.872 bits per heavy atom. The molecule has 2 aromatic carbocycles. The third-order valence-corrected chi connectivity index (χ3v) is 4.67. The van der Waals surface area contributed by atoms with E-state index < -0.39 is 5.20 Å². The Morgan fingerprint density at radius 3 is 1.95 bits per heavy atom. The van der Waals surface area contributed by atoms with Crippen LogP contribution in [0.5, 0.6) is 11.5 Å². The molecular weight excluding hydrogens is 625 g/mol. The predicted molar refractivity (Wildman–Crippen MR) is 174 cm³/mol. The zero-order valence-electron chi connectivity index (χ0n) is 19.6. The van der Waals surface area contributed by atoms with Gasteiger partial charge in [0, 0.05) is 12.3 Å². The summed E-state index contributed by atoms with van der Waals surface area (Å²) < 4.78 is 21.5. The monoisotopic (exact) mass is 660 g/mol. The van der Waals surface area contributed by atoms with Gasteiger partial charge in [0.1, 0.15) is 16.7 Å². The van der Waals surface area contributed by atoms with Gasteiger partial charge < -0.3 is 14.7 Å². The summed E-state index contributed by atoms with van der Waals surface area (Å²) in [5.41, 5.74) is 0. The third-order valence-electron chi connectivity index (χ3n) is 4.39. The van der Waals surface area contributed by atoms with Gasteiger partial charge in [-0.1, -0.05) is 72.0 Å². The number of nitrogens with zero attached hydrogens (tertiary/aromatic N) is 2. The van der Waals surface area contributed by atoms with Crippen LogP contribution in [0.2, 0.25) is 5.15 Å². The minimum absolute atomic E-state index is 0. The van der Waals surface area contributed by atoms with E-state index in [1.54, 1.807) is 18.5 Å². The molecule has 0 saturated carbocycles. The van der Waals surface area contributed by atoms with Crippen LogP contribution in [0.25, 0.3) is 21.5 Å². The molecule has 4 rings (SSSR count). The number of rotatable bonds is 6. The van der Waals surface area contributed by atoms with Crippen molar-refractivity contribution in [1.29, 1.82) is 0 Å². The summed E-state index contributed by atoms with van der Waals surface area (Å²) in [5.74, 6) is 1.59. The van der Waals surface area contributed by atoms with Gasteiger partial charge in [0.2, 0.25) is 0 Å². The van der Waals surface area contributed by atoms with Crippen LogP contribution in [0.3, 0.4) is 0 Å². The van der Waals surface area contributed by atoms with E-state index in [0.29, 0.717) is 18.4 Å². The molecule has 39 heavy (non-hydrogen) atoms. The van der Waals surface area contributed by atoms with Crippen LogP contribution in [0, 0.1) is 5.21 Å². The molecule has 0 unspecified atom stereocenters. The Kier molecular flexibility index (Phi) is 22.7. The largest absolute Gasteiger partial charge is 0.619 e. The molecule has 0 bridgehead atoms. The van der Waals surface area contributed by atoms with E-state index in [2.05, 4.69) is 52.6 Å². The highest BCUT2D eigenvalue weighted by molar-refractivity contribution is 8.24. The smallest absolute Gasteiger partial charge is 0.339 e. The molecule has 0 fully saturated rings. The third kappa shape index (κ3) is 15.1. The minimum Gasteiger partial charge on any atom is -0.619 e. The highest BCUT2D eigenvalue weighted by Crippen LogP contribution is 2.61. The number of pyridine rings is 2. The fourth-order valence-corrected chi connectivity index (χ4v) is 3.25. The molecule has 0 aliphatic carbocycles. The lowest BCUT2D eigenvalue weighted by molar-refractivity contribution is -0.603. The number of halogens is 5. The molecule has 0 spiro atoms. The second-order valence-electron chi connectivity index (χ2n) is 7.12. The van der Waals surface area contributed by atoms with E-state index in [1.807, 2.05) is 42.5 Å². The van der Waals surface area contributed by atoms with Crippen LogP contribution >= 0.6 is 62.9 Å². The number of benzene rings is 2. The second kappa shape index (κ2) is 21.1. The molecule has 0 atom stereocenters. The maximum atomic E-state index is 11.2. The van der Waals surface area contributed by atoms with Crippen LogP contribution in [0.4, 0.5) is 0 Å². The van der Waals surface area contributed by atoms with E-state index in [0.717, 1.165) is 50.6 Å². The molecule has 0 saturated heterocycles. The first-order valence-corrected chi connectivity index (χ1v) is 15.5. The van der Waals surface area contributed by atoms with Crippen molar-refractivity contribution >= 4 is 84.5 Å².